The molecule has 11 nitrogen and oxygen atoms in total. The maximum Gasteiger partial charge on any atom is 0.352 e. The first-order valence-electron chi connectivity index (χ1n) is 9.33. The fraction of sp³-hybridized carbons (Fsp3) is 0.333. The van der Waals surface area contributed by atoms with Gasteiger partial charge in [0.2, 0.25) is 0 Å². The summed E-state index contributed by atoms with van der Waals surface area (Å²) in [5.74, 6) is -0.873. The van der Waals surface area contributed by atoms with Crippen molar-refractivity contribution in [2.24, 2.45) is 14.1 Å². The summed E-state index contributed by atoms with van der Waals surface area (Å²) in [5, 5.41) is 23.4. The normalized spacial score (nSPS) is 11.4. The van der Waals surface area contributed by atoms with E-state index in [1.165, 1.54) is 16.0 Å². The molecule has 0 aromatic carbocycles. The van der Waals surface area contributed by atoms with Crippen molar-refractivity contribution in [1.29, 1.82) is 0 Å². The molecule has 0 unspecified atom stereocenters. The van der Waals surface area contributed by atoms with Gasteiger partial charge in [0.25, 0.3) is 0 Å². The third kappa shape index (κ3) is 3.25. The highest BCUT2D eigenvalue weighted by molar-refractivity contribution is 7.21. The Morgan fingerprint density at radius 2 is 1.55 bits per heavy atom. The molecular weight excluding hydrogens is 444 g/mol. The molecule has 0 amide bonds. The first kappa shape index (κ1) is 20.9. The molecule has 4 rings (SSSR count). The van der Waals surface area contributed by atoms with E-state index in [0.717, 1.165) is 11.3 Å². The van der Waals surface area contributed by atoms with Crippen LogP contribution >= 0.6 is 22.7 Å². The molecule has 13 heteroatoms. The molecule has 0 aliphatic carbocycles. The lowest BCUT2D eigenvalue weighted by Crippen LogP contribution is -2.06. The van der Waals surface area contributed by atoms with E-state index in [4.69, 9.17) is 15.2 Å². The average Bonchev–Trinajstić information content (AvgIpc) is 3.41. The number of hydrogen-bond acceptors (Lipinski definition) is 11. The number of carbonyl (C=O) groups excluding carboxylic acids is 2. The Labute approximate surface area is 184 Å². The van der Waals surface area contributed by atoms with Gasteiger partial charge >= 0.3 is 11.9 Å². The number of nitrogens with two attached hydrogens (primary N) is 1. The minimum absolute atomic E-state index is 0.0786. The molecular formula is C18H20N6O5S2. The van der Waals surface area contributed by atoms with Gasteiger partial charge in [-0.15, -0.1) is 22.7 Å². The molecule has 164 valence electrons. The van der Waals surface area contributed by atoms with Crippen LogP contribution in [0.15, 0.2) is 0 Å². The number of rotatable bonds is 6. The van der Waals surface area contributed by atoms with Crippen LogP contribution in [0.1, 0.15) is 33.2 Å². The van der Waals surface area contributed by atoms with Crippen LogP contribution in [0.5, 0.6) is 5.75 Å². The lowest BCUT2D eigenvalue weighted by molar-refractivity contribution is 0.0521. The molecule has 0 spiro atoms. The molecule has 0 aliphatic heterocycles. The number of aromatic nitrogens is 4. The van der Waals surface area contributed by atoms with Crippen molar-refractivity contribution in [3.8, 4) is 5.75 Å². The van der Waals surface area contributed by atoms with Crippen LogP contribution in [0, 0.1) is 0 Å². The van der Waals surface area contributed by atoms with Crippen molar-refractivity contribution in [3.63, 3.8) is 0 Å². The number of esters is 2. The summed E-state index contributed by atoms with van der Waals surface area (Å²) >= 11 is 2.25. The number of nitrogens with one attached hydrogen (secondary N) is 1. The molecule has 0 fully saturated rings. The third-order valence-corrected chi connectivity index (χ3v) is 6.97. The van der Waals surface area contributed by atoms with Gasteiger partial charge in [0.15, 0.2) is 22.3 Å². The second-order valence-corrected chi connectivity index (χ2v) is 8.49. The quantitative estimate of drug-likeness (QED) is 0.366. The summed E-state index contributed by atoms with van der Waals surface area (Å²) in [5.41, 5.74) is 6.47. The van der Waals surface area contributed by atoms with Gasteiger partial charge in [-0.1, -0.05) is 0 Å². The second kappa shape index (κ2) is 7.74. The number of fused-ring (bicyclic) bond motifs is 2. The standard InChI is InChI=1S/C18H20N6O5S2/c1-5-28-17(26)11-9(7-13(19)21-23(3)15(7)30-11)20-14-8-10(25)12(18(27)29-6-2)31-16(8)24(4)22-14/h25H,5-6H2,1-4H3,(H2,19,21)(H,20,22). The molecule has 0 atom stereocenters. The zero-order valence-electron chi connectivity index (χ0n) is 17.2. The first-order valence-corrected chi connectivity index (χ1v) is 11.0. The fourth-order valence-corrected chi connectivity index (χ4v) is 5.31. The summed E-state index contributed by atoms with van der Waals surface area (Å²) in [6.45, 7) is 3.80. The minimum Gasteiger partial charge on any atom is -0.505 e. The maximum absolute atomic E-state index is 12.6. The monoisotopic (exact) mass is 464 g/mol. The van der Waals surface area contributed by atoms with Crippen molar-refractivity contribution in [3.05, 3.63) is 9.75 Å². The smallest absolute Gasteiger partial charge is 0.352 e. The third-order valence-electron chi connectivity index (χ3n) is 4.51. The van der Waals surface area contributed by atoms with Crippen molar-refractivity contribution < 1.29 is 24.2 Å². The summed E-state index contributed by atoms with van der Waals surface area (Å²) in [7, 11) is 3.41. The van der Waals surface area contributed by atoms with Gasteiger partial charge in [0.05, 0.1) is 29.7 Å². The Balaban J connectivity index is 1.89. The lowest BCUT2D eigenvalue weighted by atomic mass is 10.2. The molecule has 4 aromatic rings. The van der Waals surface area contributed by atoms with Crippen LogP contribution in [-0.2, 0) is 23.6 Å². The summed E-state index contributed by atoms with van der Waals surface area (Å²) in [6, 6.07) is 0. The lowest BCUT2D eigenvalue weighted by Gasteiger charge is -2.06. The Morgan fingerprint density at radius 1 is 1.00 bits per heavy atom. The molecule has 0 bridgehead atoms. The summed E-state index contributed by atoms with van der Waals surface area (Å²) in [4.78, 5) is 26.4. The molecule has 0 aliphatic rings. The molecule has 0 radical (unpaired) electrons. The average molecular weight is 465 g/mol. The van der Waals surface area contributed by atoms with Crippen LogP contribution in [0.3, 0.4) is 0 Å². The molecule has 0 saturated heterocycles. The van der Waals surface area contributed by atoms with Gasteiger partial charge in [-0.3, -0.25) is 9.36 Å². The molecule has 0 saturated carbocycles. The van der Waals surface area contributed by atoms with Crippen LogP contribution in [0.2, 0.25) is 0 Å². The van der Waals surface area contributed by atoms with Gasteiger partial charge in [0.1, 0.15) is 14.5 Å². The number of nitrogen functional groups attached to an aromatic ring is 1. The van der Waals surface area contributed by atoms with Crippen molar-refractivity contribution in [1.82, 2.24) is 19.6 Å². The first-order chi connectivity index (χ1) is 14.8. The van der Waals surface area contributed by atoms with E-state index in [-0.39, 0.29) is 35.5 Å². The van der Waals surface area contributed by atoms with E-state index in [1.54, 1.807) is 32.6 Å². The van der Waals surface area contributed by atoms with E-state index in [0.29, 0.717) is 31.0 Å². The minimum atomic E-state index is -0.617. The van der Waals surface area contributed by atoms with Gasteiger partial charge < -0.3 is 25.6 Å². The Hall–Kier alpha value is -3.32. The zero-order chi connectivity index (χ0) is 22.4. The van der Waals surface area contributed by atoms with E-state index in [9.17, 15) is 14.7 Å². The highest BCUT2D eigenvalue weighted by Crippen LogP contribution is 2.45. The number of hydrogen-bond donors (Lipinski definition) is 3. The van der Waals surface area contributed by atoms with Crippen LogP contribution in [0.4, 0.5) is 17.3 Å². The van der Waals surface area contributed by atoms with Gasteiger partial charge in [-0.05, 0) is 13.8 Å². The van der Waals surface area contributed by atoms with E-state index in [1.807, 2.05) is 0 Å². The zero-order valence-corrected chi connectivity index (χ0v) is 18.8. The number of thiophene rings is 2. The Bertz CT molecular complexity index is 1330. The fourth-order valence-electron chi connectivity index (χ4n) is 3.24. The maximum atomic E-state index is 12.6. The predicted octanol–water partition coefficient (Wildman–Crippen LogP) is 2.97. The van der Waals surface area contributed by atoms with Crippen LogP contribution < -0.4 is 11.1 Å². The molecule has 4 aromatic heterocycles. The predicted molar refractivity (Wildman–Crippen MR) is 118 cm³/mol. The van der Waals surface area contributed by atoms with Gasteiger partial charge in [0, 0.05) is 14.1 Å². The number of carbonyl (C=O) groups is 2. The molecule has 31 heavy (non-hydrogen) atoms. The number of ether oxygens (including phenoxy) is 2. The van der Waals surface area contributed by atoms with Gasteiger partial charge in [-0.2, -0.15) is 10.2 Å². The highest BCUT2D eigenvalue weighted by Gasteiger charge is 2.29. The van der Waals surface area contributed by atoms with Gasteiger partial charge in [-0.25, -0.2) is 9.59 Å². The van der Waals surface area contributed by atoms with E-state index in [2.05, 4.69) is 15.5 Å². The summed E-state index contributed by atoms with van der Waals surface area (Å²) < 4.78 is 13.3. The Morgan fingerprint density at radius 3 is 2.19 bits per heavy atom. The van der Waals surface area contributed by atoms with Crippen molar-refractivity contribution >= 4 is 72.4 Å². The summed E-state index contributed by atoms with van der Waals surface area (Å²) in [6.07, 6.45) is 0. The highest BCUT2D eigenvalue weighted by atomic mass is 32.1. The van der Waals surface area contributed by atoms with E-state index >= 15 is 0 Å². The molecule has 4 N–H and O–H groups in total. The second-order valence-electron chi connectivity index (χ2n) is 6.49. The van der Waals surface area contributed by atoms with Crippen LogP contribution in [0.25, 0.3) is 20.4 Å². The Kier molecular flexibility index (Phi) is 5.23. The SMILES string of the molecule is CCOC(=O)c1sc2c(c(Nc3c(C(=O)OCC)sc4c3c(N)nn4C)nn2C)c1O. The number of aryl methyl sites for hydroxylation is 2. The molecule has 4 heterocycles. The largest absolute Gasteiger partial charge is 0.505 e. The van der Waals surface area contributed by atoms with Crippen LogP contribution in [-0.4, -0.2) is 49.8 Å². The van der Waals surface area contributed by atoms with E-state index < -0.39 is 11.9 Å². The topological polar surface area (TPSA) is 147 Å². The van der Waals surface area contributed by atoms with Crippen molar-refractivity contribution in [2.45, 2.75) is 13.8 Å². The number of nitrogens with zero attached hydrogens (tertiary/aromatic N) is 4. The number of anilines is 3. The van der Waals surface area contributed by atoms with Crippen molar-refractivity contribution in [2.75, 3.05) is 24.3 Å². The number of aromatic hydroxyl groups is 1.